The molecule has 0 saturated heterocycles. The topological polar surface area (TPSA) is 153 Å². The second-order valence-corrected chi connectivity index (χ2v) is 7.88. The van der Waals surface area contributed by atoms with Crippen molar-refractivity contribution < 1.29 is 29.1 Å². The molecule has 0 aliphatic rings. The van der Waals surface area contributed by atoms with Crippen LogP contribution in [0, 0.1) is 5.92 Å². The van der Waals surface area contributed by atoms with E-state index in [0.29, 0.717) is 5.92 Å². The summed E-state index contributed by atoms with van der Waals surface area (Å²) in [7, 11) is -4.64. The molecule has 0 aromatic heterocycles. The molecule has 0 atom stereocenters. The summed E-state index contributed by atoms with van der Waals surface area (Å²) in [6, 6.07) is 5.23. The van der Waals surface area contributed by atoms with Gasteiger partial charge in [0.2, 0.25) is 0 Å². The molecule has 1 amide bonds. The van der Waals surface area contributed by atoms with E-state index in [0.717, 1.165) is 24.8 Å². The molecule has 0 fully saturated rings. The van der Waals surface area contributed by atoms with Crippen LogP contribution in [0.25, 0.3) is 0 Å². The predicted molar refractivity (Wildman–Crippen MR) is 95.7 cm³/mol. The number of hydrogen-bond acceptors (Lipinski definition) is 4. The number of amides is 1. The second-order valence-electron chi connectivity index (χ2n) is 6.86. The summed E-state index contributed by atoms with van der Waals surface area (Å²) >= 11 is 0. The molecular weight excluding hydrogens is 347 g/mol. The van der Waals surface area contributed by atoms with Gasteiger partial charge in [-0.1, -0.05) is 52.7 Å². The van der Waals surface area contributed by atoms with Gasteiger partial charge in [-0.05, 0) is 23.8 Å². The Bertz CT molecular complexity index is 604. The third kappa shape index (κ3) is 9.57. The monoisotopic (exact) mass is 376 g/mol. The summed E-state index contributed by atoms with van der Waals surface area (Å²) < 4.78 is 8.88. The van der Waals surface area contributed by atoms with Gasteiger partial charge in [0, 0.05) is 5.56 Å². The lowest BCUT2D eigenvalue weighted by Gasteiger charge is -2.27. The Kier molecular flexibility index (Phi) is 9.32. The Balaban J connectivity index is 0.00000101. The third-order valence-corrected chi connectivity index (χ3v) is 3.72. The zero-order valence-electron chi connectivity index (χ0n) is 15.1. The third-order valence-electron chi connectivity index (χ3n) is 3.72. The zero-order valence-corrected chi connectivity index (χ0v) is 16.0. The molecule has 25 heavy (non-hydrogen) atoms. The lowest BCUT2D eigenvalue weighted by atomic mass is 9.78. The maximum Gasteiger partial charge on any atom is 0.466 e. The largest absolute Gasteiger partial charge is 0.507 e. The molecular formula is C16H29N2O6P. The molecule has 0 radical (unpaired) electrons. The van der Waals surface area contributed by atoms with E-state index in [1.807, 2.05) is 6.07 Å². The number of hydrazine groups is 1. The Morgan fingerprint density at radius 2 is 1.80 bits per heavy atom. The summed E-state index contributed by atoms with van der Waals surface area (Å²) in [5, 5.41) is 10.3. The molecule has 0 saturated carbocycles. The molecule has 8 nitrogen and oxygen atoms in total. The normalized spacial score (nSPS) is 11.7. The van der Waals surface area contributed by atoms with Gasteiger partial charge in [-0.25, -0.2) is 10.4 Å². The summed E-state index contributed by atoms with van der Waals surface area (Å²) in [5.74, 6) is 5.37. The van der Waals surface area contributed by atoms with E-state index in [-0.39, 0.29) is 16.7 Å². The predicted octanol–water partition coefficient (Wildman–Crippen LogP) is 2.17. The quantitative estimate of drug-likeness (QED) is 0.192. The van der Waals surface area contributed by atoms with Crippen LogP contribution in [-0.4, -0.2) is 25.7 Å². The molecule has 0 bridgehead atoms. The van der Waals surface area contributed by atoms with Crippen molar-refractivity contribution >= 4 is 13.7 Å². The van der Waals surface area contributed by atoms with Gasteiger partial charge in [-0.15, -0.1) is 0 Å². The second kappa shape index (κ2) is 9.89. The van der Waals surface area contributed by atoms with E-state index in [4.69, 9.17) is 25.1 Å². The molecule has 1 aromatic rings. The molecule has 1 rings (SSSR count). The number of phenols is 1. The van der Waals surface area contributed by atoms with Crippen LogP contribution >= 0.6 is 7.82 Å². The van der Waals surface area contributed by atoms with E-state index >= 15 is 0 Å². The summed E-state index contributed by atoms with van der Waals surface area (Å²) in [6.07, 6.45) is 3.22. The van der Waals surface area contributed by atoms with Gasteiger partial charge >= 0.3 is 7.82 Å². The minimum Gasteiger partial charge on any atom is -0.507 e. The molecule has 0 heterocycles. The van der Waals surface area contributed by atoms with Crippen LogP contribution in [-0.2, 0) is 9.98 Å². The molecule has 1 aromatic carbocycles. The lowest BCUT2D eigenvalue weighted by molar-refractivity contribution is 0.0950. The standard InChI is InChI=1S/C16H26N2O2.H3O4P/c1-11(2)7-6-10-16(3,4)13-9-5-8-12(14(13)19)15(20)18-17;1-5(2,3)4/h5,8-9,11,19H,6-7,10,17H2,1-4H3,(H,18,20);(H3,1,2,3,4). The Morgan fingerprint density at radius 1 is 1.28 bits per heavy atom. The highest BCUT2D eigenvalue weighted by molar-refractivity contribution is 7.45. The molecule has 9 heteroatoms. The van der Waals surface area contributed by atoms with Crippen molar-refractivity contribution in [1.82, 2.24) is 5.43 Å². The number of carbonyl (C=O) groups excluding carboxylic acids is 1. The highest BCUT2D eigenvalue weighted by atomic mass is 31.2. The molecule has 7 N–H and O–H groups in total. The summed E-state index contributed by atoms with van der Waals surface area (Å²) in [4.78, 5) is 33.2. The first-order chi connectivity index (χ1) is 11.3. The fourth-order valence-electron chi connectivity index (χ4n) is 2.44. The number of aromatic hydroxyl groups is 1. The van der Waals surface area contributed by atoms with Crippen LogP contribution in [0.15, 0.2) is 18.2 Å². The van der Waals surface area contributed by atoms with Gasteiger partial charge < -0.3 is 19.8 Å². The number of nitrogen functional groups attached to an aromatic ring is 1. The SMILES string of the molecule is CC(C)CCCC(C)(C)c1cccc(C(=O)NN)c1O.O=P(O)(O)O. The van der Waals surface area contributed by atoms with Gasteiger partial charge in [0.1, 0.15) is 5.75 Å². The van der Waals surface area contributed by atoms with Crippen LogP contribution in [0.2, 0.25) is 0 Å². The lowest BCUT2D eigenvalue weighted by Crippen LogP contribution is -2.30. The van der Waals surface area contributed by atoms with Gasteiger partial charge in [-0.2, -0.15) is 0 Å². The van der Waals surface area contributed by atoms with Crippen molar-refractivity contribution in [2.75, 3.05) is 0 Å². The first-order valence-corrected chi connectivity index (χ1v) is 9.47. The number of carbonyl (C=O) groups is 1. The average molecular weight is 376 g/mol. The Morgan fingerprint density at radius 3 is 2.24 bits per heavy atom. The number of nitrogens with one attached hydrogen (secondary N) is 1. The fraction of sp³-hybridized carbons (Fsp3) is 0.562. The number of hydrogen-bond donors (Lipinski definition) is 6. The van der Waals surface area contributed by atoms with Crippen LogP contribution in [0.5, 0.6) is 5.75 Å². The smallest absolute Gasteiger partial charge is 0.466 e. The van der Waals surface area contributed by atoms with Gasteiger partial charge in [-0.3, -0.25) is 10.2 Å². The number of benzene rings is 1. The Hall–Kier alpha value is -1.44. The zero-order chi connectivity index (χ0) is 19.8. The van der Waals surface area contributed by atoms with E-state index in [2.05, 4.69) is 33.1 Å². The number of nitrogens with two attached hydrogens (primary N) is 1. The van der Waals surface area contributed by atoms with Gasteiger partial charge in [0.05, 0.1) is 5.56 Å². The van der Waals surface area contributed by atoms with Crippen LogP contribution in [0.4, 0.5) is 0 Å². The minimum absolute atomic E-state index is 0.0324. The van der Waals surface area contributed by atoms with E-state index in [9.17, 15) is 9.90 Å². The van der Waals surface area contributed by atoms with Crippen molar-refractivity contribution in [2.24, 2.45) is 11.8 Å². The van der Waals surface area contributed by atoms with Crippen molar-refractivity contribution in [1.29, 1.82) is 0 Å². The summed E-state index contributed by atoms with van der Waals surface area (Å²) in [5.41, 5.74) is 2.90. The van der Waals surface area contributed by atoms with Gasteiger partial charge in [0.15, 0.2) is 0 Å². The van der Waals surface area contributed by atoms with Crippen LogP contribution in [0.1, 0.15) is 62.9 Å². The molecule has 144 valence electrons. The number of phosphoric acid groups is 1. The van der Waals surface area contributed by atoms with E-state index in [1.165, 1.54) is 0 Å². The molecule has 0 spiro atoms. The van der Waals surface area contributed by atoms with Crippen molar-refractivity contribution in [3.05, 3.63) is 29.3 Å². The maximum absolute atomic E-state index is 11.6. The van der Waals surface area contributed by atoms with E-state index in [1.54, 1.807) is 12.1 Å². The highest BCUT2D eigenvalue weighted by Gasteiger charge is 2.26. The molecule has 0 unspecified atom stereocenters. The Labute approximate surface area is 148 Å². The maximum atomic E-state index is 11.6. The van der Waals surface area contributed by atoms with Crippen molar-refractivity contribution in [3.63, 3.8) is 0 Å². The van der Waals surface area contributed by atoms with Crippen LogP contribution < -0.4 is 11.3 Å². The minimum atomic E-state index is -4.64. The van der Waals surface area contributed by atoms with Crippen molar-refractivity contribution in [3.8, 4) is 5.75 Å². The molecule has 0 aliphatic carbocycles. The number of phenolic OH excluding ortho intramolecular Hbond substituents is 1. The van der Waals surface area contributed by atoms with E-state index < -0.39 is 13.7 Å². The fourth-order valence-corrected chi connectivity index (χ4v) is 2.44. The first kappa shape index (κ1) is 23.6. The van der Waals surface area contributed by atoms with Crippen LogP contribution in [0.3, 0.4) is 0 Å². The average Bonchev–Trinajstić information content (AvgIpc) is 2.44. The first-order valence-electron chi connectivity index (χ1n) is 7.91. The summed E-state index contributed by atoms with van der Waals surface area (Å²) in [6.45, 7) is 8.59. The van der Waals surface area contributed by atoms with Gasteiger partial charge in [0.25, 0.3) is 5.91 Å². The van der Waals surface area contributed by atoms with Crippen molar-refractivity contribution in [2.45, 2.75) is 52.4 Å². The number of rotatable bonds is 6. The molecule has 0 aliphatic heterocycles. The number of para-hydroxylation sites is 1. The highest BCUT2D eigenvalue weighted by Crippen LogP contribution is 2.37.